The Balaban J connectivity index is 2.14. The normalized spacial score (nSPS) is 10.4. The van der Waals surface area contributed by atoms with Gasteiger partial charge in [-0.3, -0.25) is 4.68 Å². The van der Waals surface area contributed by atoms with Crippen molar-refractivity contribution in [2.24, 2.45) is 7.05 Å². The van der Waals surface area contributed by atoms with Crippen molar-refractivity contribution >= 4 is 11.8 Å². The van der Waals surface area contributed by atoms with Crippen LogP contribution in [0.15, 0.2) is 18.3 Å². The topological polar surface area (TPSA) is 64.9 Å². The van der Waals surface area contributed by atoms with Gasteiger partial charge in [0.25, 0.3) is 0 Å². The fourth-order valence-electron chi connectivity index (χ4n) is 1.47. The van der Waals surface area contributed by atoms with E-state index in [4.69, 9.17) is 4.74 Å². The second kappa shape index (κ2) is 5.48. The summed E-state index contributed by atoms with van der Waals surface area (Å²) in [7, 11) is 1.86. The van der Waals surface area contributed by atoms with Gasteiger partial charge in [0.1, 0.15) is 0 Å². The second-order valence-electron chi connectivity index (χ2n) is 4.02. The average Bonchev–Trinajstić information content (AvgIpc) is 2.71. The van der Waals surface area contributed by atoms with Crippen LogP contribution >= 0.6 is 0 Å². The summed E-state index contributed by atoms with van der Waals surface area (Å²) < 4.78 is 7.22. The maximum absolute atomic E-state index is 5.50. The number of ether oxygens (including phenoxy) is 1. The molecule has 0 saturated heterocycles. The number of hydrogen-bond donors (Lipinski definition) is 1. The lowest BCUT2D eigenvalue weighted by molar-refractivity contribution is 0.305. The lowest BCUT2D eigenvalue weighted by Gasteiger charge is -2.07. The summed E-state index contributed by atoms with van der Waals surface area (Å²) >= 11 is 0. The fourth-order valence-corrected chi connectivity index (χ4v) is 1.47. The third kappa shape index (κ3) is 3.19. The summed E-state index contributed by atoms with van der Waals surface area (Å²) in [6.07, 6.45) is 2.80. The summed E-state index contributed by atoms with van der Waals surface area (Å²) in [5.74, 6) is 1.80. The molecule has 0 aliphatic rings. The molecule has 6 heteroatoms. The van der Waals surface area contributed by atoms with E-state index in [0.717, 1.165) is 12.1 Å². The molecule has 0 atom stereocenters. The van der Waals surface area contributed by atoms with Crippen molar-refractivity contribution in [2.75, 3.05) is 11.9 Å². The van der Waals surface area contributed by atoms with Crippen molar-refractivity contribution in [1.82, 2.24) is 19.7 Å². The van der Waals surface area contributed by atoms with Gasteiger partial charge in [0, 0.05) is 31.1 Å². The summed E-state index contributed by atoms with van der Waals surface area (Å²) in [4.78, 5) is 8.58. The highest BCUT2D eigenvalue weighted by Crippen LogP contribution is 2.15. The van der Waals surface area contributed by atoms with Gasteiger partial charge in [-0.15, -0.1) is 0 Å². The first kappa shape index (κ1) is 12.3. The zero-order valence-corrected chi connectivity index (χ0v) is 10.8. The lowest BCUT2D eigenvalue weighted by Crippen LogP contribution is -2.03. The highest BCUT2D eigenvalue weighted by atomic mass is 16.5. The molecule has 2 heterocycles. The highest BCUT2D eigenvalue weighted by molar-refractivity contribution is 5.47. The van der Waals surface area contributed by atoms with E-state index in [1.165, 1.54) is 0 Å². The van der Waals surface area contributed by atoms with Gasteiger partial charge >= 0.3 is 0 Å². The van der Waals surface area contributed by atoms with Crippen molar-refractivity contribution in [2.45, 2.75) is 20.3 Å². The quantitative estimate of drug-likeness (QED) is 0.876. The molecule has 2 aromatic heterocycles. The molecule has 1 N–H and O–H groups in total. The van der Waals surface area contributed by atoms with Crippen LogP contribution < -0.4 is 10.1 Å². The molecule has 0 aromatic carbocycles. The van der Waals surface area contributed by atoms with Gasteiger partial charge in [-0.1, -0.05) is 6.92 Å². The number of aromatic nitrogens is 4. The Kier molecular flexibility index (Phi) is 3.76. The lowest BCUT2D eigenvalue weighted by atomic mass is 10.4. The Morgan fingerprint density at radius 1 is 1.39 bits per heavy atom. The van der Waals surface area contributed by atoms with E-state index in [9.17, 15) is 0 Å². The summed E-state index contributed by atoms with van der Waals surface area (Å²) in [6.45, 7) is 4.62. The molecular formula is C12H17N5O. The number of nitrogens with zero attached hydrogens (tertiary/aromatic N) is 4. The maximum Gasteiger partial charge on any atom is 0.231 e. The molecule has 6 nitrogen and oxygen atoms in total. The zero-order chi connectivity index (χ0) is 13.0. The van der Waals surface area contributed by atoms with Gasteiger partial charge in [-0.2, -0.15) is 10.1 Å². The Labute approximate surface area is 106 Å². The van der Waals surface area contributed by atoms with Crippen LogP contribution in [0.5, 0.6) is 5.88 Å². The molecular weight excluding hydrogens is 230 g/mol. The first-order chi connectivity index (χ1) is 8.67. The predicted molar refractivity (Wildman–Crippen MR) is 69.0 cm³/mol. The number of hydrogen-bond acceptors (Lipinski definition) is 5. The van der Waals surface area contributed by atoms with Crippen molar-refractivity contribution in [3.05, 3.63) is 24.0 Å². The van der Waals surface area contributed by atoms with Crippen molar-refractivity contribution in [3.63, 3.8) is 0 Å². The van der Waals surface area contributed by atoms with Crippen molar-refractivity contribution in [3.8, 4) is 5.88 Å². The summed E-state index contributed by atoms with van der Waals surface area (Å²) in [5, 5.41) is 7.26. The van der Waals surface area contributed by atoms with Crippen molar-refractivity contribution in [1.29, 1.82) is 0 Å². The molecule has 18 heavy (non-hydrogen) atoms. The smallest absolute Gasteiger partial charge is 0.231 e. The minimum Gasteiger partial charge on any atom is -0.478 e. The minimum atomic E-state index is 0.500. The van der Waals surface area contributed by atoms with Gasteiger partial charge in [-0.05, 0) is 13.3 Å². The maximum atomic E-state index is 5.50. The van der Waals surface area contributed by atoms with Gasteiger partial charge in [0.05, 0.1) is 6.61 Å². The SMILES string of the molecule is CCCOc1cc(C)nc(Nc2ccn(C)n2)n1. The number of anilines is 2. The number of aryl methyl sites for hydroxylation is 2. The standard InChI is InChI=1S/C12H17N5O/c1-4-7-18-11-8-9(2)13-12(15-11)14-10-5-6-17(3)16-10/h5-6,8H,4,7H2,1-3H3,(H,13,14,15,16). The van der Waals surface area contributed by atoms with E-state index in [1.807, 2.05) is 32.3 Å². The molecule has 0 spiro atoms. The second-order valence-corrected chi connectivity index (χ2v) is 4.02. The molecule has 0 aliphatic heterocycles. The Hall–Kier alpha value is -2.11. The third-order valence-corrected chi connectivity index (χ3v) is 2.24. The van der Waals surface area contributed by atoms with Crippen LogP contribution in [0.1, 0.15) is 19.0 Å². The fraction of sp³-hybridized carbons (Fsp3) is 0.417. The zero-order valence-electron chi connectivity index (χ0n) is 10.8. The minimum absolute atomic E-state index is 0.500. The predicted octanol–water partition coefficient (Wildman–Crippen LogP) is 2.05. The molecule has 0 aliphatic carbocycles. The van der Waals surface area contributed by atoms with Gasteiger partial charge in [0.15, 0.2) is 5.82 Å². The molecule has 0 radical (unpaired) electrons. The van der Waals surface area contributed by atoms with E-state index in [2.05, 4.69) is 27.3 Å². The average molecular weight is 247 g/mol. The molecule has 0 fully saturated rings. The molecule has 0 bridgehead atoms. The van der Waals surface area contributed by atoms with Crippen molar-refractivity contribution < 1.29 is 4.74 Å². The monoisotopic (exact) mass is 247 g/mol. The van der Waals surface area contributed by atoms with Crippen LogP contribution in [-0.2, 0) is 7.05 Å². The van der Waals surface area contributed by atoms with Gasteiger partial charge < -0.3 is 10.1 Å². The van der Waals surface area contributed by atoms with Crippen LogP contribution in [0, 0.1) is 6.92 Å². The van der Waals surface area contributed by atoms with E-state index in [-0.39, 0.29) is 0 Å². The van der Waals surface area contributed by atoms with Gasteiger partial charge in [0.2, 0.25) is 11.8 Å². The largest absolute Gasteiger partial charge is 0.478 e. The third-order valence-electron chi connectivity index (χ3n) is 2.24. The highest BCUT2D eigenvalue weighted by Gasteiger charge is 2.05. The van der Waals surface area contributed by atoms with Crippen LogP contribution in [0.25, 0.3) is 0 Å². The van der Waals surface area contributed by atoms with Crippen LogP contribution in [-0.4, -0.2) is 26.4 Å². The molecule has 0 unspecified atom stereocenters. The number of nitrogens with one attached hydrogen (secondary N) is 1. The van der Waals surface area contributed by atoms with Crippen LogP contribution in [0.4, 0.5) is 11.8 Å². The van der Waals surface area contributed by atoms with E-state index < -0.39 is 0 Å². The Morgan fingerprint density at radius 3 is 2.89 bits per heavy atom. The summed E-state index contributed by atoms with van der Waals surface area (Å²) in [5.41, 5.74) is 0.856. The van der Waals surface area contributed by atoms with E-state index in [1.54, 1.807) is 4.68 Å². The van der Waals surface area contributed by atoms with E-state index >= 15 is 0 Å². The van der Waals surface area contributed by atoms with Gasteiger partial charge in [-0.25, -0.2) is 4.98 Å². The van der Waals surface area contributed by atoms with E-state index in [0.29, 0.717) is 24.3 Å². The summed E-state index contributed by atoms with van der Waals surface area (Å²) in [6, 6.07) is 3.68. The molecule has 96 valence electrons. The number of rotatable bonds is 5. The van der Waals surface area contributed by atoms with Crippen LogP contribution in [0.3, 0.4) is 0 Å². The first-order valence-electron chi connectivity index (χ1n) is 5.92. The first-order valence-corrected chi connectivity index (χ1v) is 5.92. The molecule has 2 aromatic rings. The molecule has 2 rings (SSSR count). The Morgan fingerprint density at radius 2 is 2.22 bits per heavy atom. The molecule has 0 amide bonds. The Bertz CT molecular complexity index is 523. The van der Waals surface area contributed by atoms with Crippen LogP contribution in [0.2, 0.25) is 0 Å². The molecule has 0 saturated carbocycles.